The lowest BCUT2D eigenvalue weighted by molar-refractivity contribution is -0.155. The summed E-state index contributed by atoms with van der Waals surface area (Å²) in [5.41, 5.74) is 1.18. The molecule has 3 aromatic rings. The fourth-order valence-electron chi connectivity index (χ4n) is 4.80. The lowest BCUT2D eigenvalue weighted by atomic mass is 10.0. The maximum Gasteiger partial charge on any atom is 0.408 e. The standard InChI is InChI=1S/C31H32N4O7S2/c1-31(2,3)42-30(39)34-22(20-15-32-44-16-20)26(36)33-23-27(37)35-24(21(40-4)17-43-28(23)35)29(38)41-25(18-11-7-5-8-12-18)19-13-9-6-10-14-19/h5-16,22-23,25,28H,17H2,1-4H3,(H,33,36)(H,34,39)/t22?,23-,28+/m1/s1. The molecule has 230 valence electrons. The molecule has 1 aromatic heterocycles. The molecule has 1 fully saturated rings. The Kier molecular flexibility index (Phi) is 9.25. The molecule has 3 amide bonds. The van der Waals surface area contributed by atoms with Crippen LogP contribution in [0.3, 0.4) is 0 Å². The van der Waals surface area contributed by atoms with Gasteiger partial charge in [0.2, 0.25) is 5.91 Å². The van der Waals surface area contributed by atoms with E-state index in [2.05, 4.69) is 15.0 Å². The Hall–Kier alpha value is -4.36. The number of esters is 1. The minimum Gasteiger partial charge on any atom is -0.498 e. The minimum absolute atomic E-state index is 0.00549. The molecule has 1 saturated heterocycles. The first-order chi connectivity index (χ1) is 21.1. The Labute approximate surface area is 263 Å². The van der Waals surface area contributed by atoms with Crippen LogP contribution in [0.1, 0.15) is 49.6 Å². The predicted molar refractivity (Wildman–Crippen MR) is 164 cm³/mol. The topological polar surface area (TPSA) is 136 Å². The van der Waals surface area contributed by atoms with Crippen LogP contribution in [0.5, 0.6) is 0 Å². The highest BCUT2D eigenvalue weighted by atomic mass is 32.2. The number of thioether (sulfide) groups is 1. The molecule has 0 saturated carbocycles. The monoisotopic (exact) mass is 636 g/mol. The average molecular weight is 637 g/mol. The van der Waals surface area contributed by atoms with Crippen LogP contribution in [0.2, 0.25) is 0 Å². The molecule has 1 unspecified atom stereocenters. The number of ether oxygens (including phenoxy) is 3. The van der Waals surface area contributed by atoms with Crippen LogP contribution in [0, 0.1) is 0 Å². The molecular formula is C31H32N4O7S2. The molecule has 5 rings (SSSR count). The van der Waals surface area contributed by atoms with Gasteiger partial charge in [-0.15, -0.1) is 11.8 Å². The van der Waals surface area contributed by atoms with Crippen molar-refractivity contribution in [1.29, 1.82) is 0 Å². The summed E-state index contributed by atoms with van der Waals surface area (Å²) in [7, 11) is 1.43. The van der Waals surface area contributed by atoms with Crippen LogP contribution >= 0.6 is 23.3 Å². The SMILES string of the molecule is COC1=C(C(=O)OC(c2ccccc2)c2ccccc2)N2C(=O)[C@@H](NC(=O)C(NC(=O)OC(C)(C)C)c3cnsc3)[C@@H]2SC1. The van der Waals surface area contributed by atoms with E-state index in [0.717, 1.165) is 22.7 Å². The Morgan fingerprint density at radius 2 is 1.64 bits per heavy atom. The maximum atomic E-state index is 13.8. The van der Waals surface area contributed by atoms with Crippen molar-refractivity contribution in [3.63, 3.8) is 0 Å². The Morgan fingerprint density at radius 3 is 2.18 bits per heavy atom. The number of fused-ring (bicyclic) bond motifs is 1. The van der Waals surface area contributed by atoms with E-state index in [1.54, 1.807) is 26.2 Å². The Balaban J connectivity index is 1.34. The molecule has 2 aliphatic rings. The number of alkyl carbamates (subject to hydrolysis) is 1. The third kappa shape index (κ3) is 6.73. The molecule has 2 aromatic carbocycles. The van der Waals surface area contributed by atoms with Gasteiger partial charge in [-0.3, -0.25) is 14.5 Å². The van der Waals surface area contributed by atoms with E-state index in [4.69, 9.17) is 14.2 Å². The van der Waals surface area contributed by atoms with Crippen molar-refractivity contribution in [2.75, 3.05) is 12.9 Å². The van der Waals surface area contributed by atoms with Crippen molar-refractivity contribution in [3.8, 4) is 0 Å². The van der Waals surface area contributed by atoms with Crippen molar-refractivity contribution >= 4 is 47.2 Å². The fourth-order valence-corrected chi connectivity index (χ4v) is 6.68. The number of carbonyl (C=O) groups excluding carboxylic acids is 4. The van der Waals surface area contributed by atoms with Crippen molar-refractivity contribution in [3.05, 3.63) is 100 Å². The van der Waals surface area contributed by atoms with Gasteiger partial charge >= 0.3 is 12.1 Å². The van der Waals surface area contributed by atoms with Gasteiger partial charge in [0.15, 0.2) is 11.8 Å². The highest BCUT2D eigenvalue weighted by molar-refractivity contribution is 8.00. The van der Waals surface area contributed by atoms with Gasteiger partial charge < -0.3 is 24.8 Å². The number of carbonyl (C=O) groups is 4. The quantitative estimate of drug-likeness (QED) is 0.260. The van der Waals surface area contributed by atoms with Gasteiger partial charge in [0.1, 0.15) is 28.8 Å². The zero-order valence-electron chi connectivity index (χ0n) is 24.5. The summed E-state index contributed by atoms with van der Waals surface area (Å²) >= 11 is 2.46. The second kappa shape index (κ2) is 13.1. The van der Waals surface area contributed by atoms with E-state index in [1.807, 2.05) is 60.7 Å². The first-order valence-electron chi connectivity index (χ1n) is 13.8. The van der Waals surface area contributed by atoms with E-state index in [9.17, 15) is 19.2 Å². The highest BCUT2D eigenvalue weighted by Gasteiger charge is 2.55. The predicted octanol–water partition coefficient (Wildman–Crippen LogP) is 4.30. The zero-order valence-corrected chi connectivity index (χ0v) is 26.1. The normalized spacial score (nSPS) is 18.6. The van der Waals surface area contributed by atoms with Crippen molar-refractivity contribution in [1.82, 2.24) is 19.9 Å². The smallest absolute Gasteiger partial charge is 0.408 e. The van der Waals surface area contributed by atoms with Crippen LogP contribution in [0.25, 0.3) is 0 Å². The van der Waals surface area contributed by atoms with Crippen LogP contribution in [-0.2, 0) is 28.6 Å². The largest absolute Gasteiger partial charge is 0.498 e. The van der Waals surface area contributed by atoms with E-state index >= 15 is 0 Å². The number of nitrogens with zero attached hydrogens (tertiary/aromatic N) is 2. The van der Waals surface area contributed by atoms with Gasteiger partial charge in [-0.25, -0.2) is 14.0 Å². The molecule has 3 heterocycles. The number of benzene rings is 2. The molecule has 2 N–H and O–H groups in total. The molecule has 11 nitrogen and oxygen atoms in total. The first kappa shape index (κ1) is 31.1. The molecule has 44 heavy (non-hydrogen) atoms. The summed E-state index contributed by atoms with van der Waals surface area (Å²) in [6.07, 6.45) is -0.0513. The molecule has 0 bridgehead atoms. The molecule has 0 radical (unpaired) electrons. The van der Waals surface area contributed by atoms with E-state index in [-0.39, 0.29) is 11.4 Å². The molecule has 13 heteroatoms. The number of hydrogen-bond acceptors (Lipinski definition) is 10. The fraction of sp³-hybridized carbons (Fsp3) is 0.323. The summed E-state index contributed by atoms with van der Waals surface area (Å²) in [6, 6.07) is 16.5. The number of nitrogens with one attached hydrogen (secondary N) is 2. The van der Waals surface area contributed by atoms with Crippen LogP contribution in [-0.4, -0.2) is 63.0 Å². The summed E-state index contributed by atoms with van der Waals surface area (Å²) in [5, 5.41) is 6.35. The van der Waals surface area contributed by atoms with Gasteiger partial charge in [0.05, 0.1) is 12.9 Å². The molecule has 0 spiro atoms. The lowest BCUT2D eigenvalue weighted by Crippen LogP contribution is -2.71. The average Bonchev–Trinajstić information content (AvgIpc) is 3.55. The molecule has 0 aliphatic carbocycles. The number of hydrogen-bond donors (Lipinski definition) is 2. The zero-order chi connectivity index (χ0) is 31.4. The van der Waals surface area contributed by atoms with Crippen LogP contribution in [0.4, 0.5) is 4.79 Å². The maximum absolute atomic E-state index is 13.8. The molecule has 2 aliphatic heterocycles. The number of methoxy groups -OCH3 is 1. The van der Waals surface area contributed by atoms with Crippen LogP contribution < -0.4 is 10.6 Å². The third-order valence-electron chi connectivity index (χ3n) is 6.81. The second-order valence-corrected chi connectivity index (χ2v) is 12.8. The Bertz CT molecular complexity index is 1500. The Morgan fingerprint density at radius 1 is 1.00 bits per heavy atom. The number of rotatable bonds is 9. The minimum atomic E-state index is -1.15. The van der Waals surface area contributed by atoms with E-state index in [0.29, 0.717) is 11.3 Å². The van der Waals surface area contributed by atoms with Crippen LogP contribution in [0.15, 0.2) is 83.7 Å². The van der Waals surface area contributed by atoms with Gasteiger partial charge in [0, 0.05) is 17.1 Å². The van der Waals surface area contributed by atoms with Gasteiger partial charge in [-0.05, 0) is 43.4 Å². The van der Waals surface area contributed by atoms with Gasteiger partial charge in [-0.2, -0.15) is 0 Å². The number of aromatic nitrogens is 1. The summed E-state index contributed by atoms with van der Waals surface area (Å²) in [6.45, 7) is 5.13. The number of amides is 3. The highest BCUT2D eigenvalue weighted by Crippen LogP contribution is 2.42. The van der Waals surface area contributed by atoms with Gasteiger partial charge in [0.25, 0.3) is 5.91 Å². The second-order valence-electron chi connectivity index (χ2n) is 11.0. The molecule has 3 atom stereocenters. The summed E-state index contributed by atoms with van der Waals surface area (Å²) in [4.78, 5) is 54.6. The number of β-lactam (4-membered cyclic amide) rings is 1. The third-order valence-corrected chi connectivity index (χ3v) is 8.67. The summed E-state index contributed by atoms with van der Waals surface area (Å²) in [5.74, 6) is -1.28. The van der Waals surface area contributed by atoms with E-state index in [1.165, 1.54) is 30.0 Å². The van der Waals surface area contributed by atoms with Gasteiger partial charge in [-0.1, -0.05) is 60.7 Å². The first-order valence-corrected chi connectivity index (χ1v) is 15.7. The van der Waals surface area contributed by atoms with Crippen molar-refractivity contribution in [2.24, 2.45) is 0 Å². The lowest BCUT2D eigenvalue weighted by Gasteiger charge is -2.49. The summed E-state index contributed by atoms with van der Waals surface area (Å²) < 4.78 is 20.9. The molecular weight excluding hydrogens is 604 g/mol. The van der Waals surface area contributed by atoms with Crippen molar-refractivity contribution < 1.29 is 33.4 Å². The van der Waals surface area contributed by atoms with Crippen molar-refractivity contribution in [2.45, 2.75) is 49.9 Å². The van der Waals surface area contributed by atoms with E-state index < -0.39 is 53.0 Å².